The first-order valence-electron chi connectivity index (χ1n) is 6.81. The normalized spacial score (nSPS) is 10.7. The van der Waals surface area contributed by atoms with Crippen molar-refractivity contribution in [1.82, 2.24) is 10.2 Å². The lowest BCUT2D eigenvalue weighted by molar-refractivity contribution is 0.102. The van der Waals surface area contributed by atoms with Gasteiger partial charge in [0.05, 0.1) is 5.56 Å². The van der Waals surface area contributed by atoms with E-state index in [0.717, 1.165) is 6.07 Å². The number of halogens is 3. The second-order valence-corrected chi connectivity index (χ2v) is 4.88. The Balaban J connectivity index is 1.86. The van der Waals surface area contributed by atoms with E-state index in [4.69, 9.17) is 4.42 Å². The number of carbonyl (C=O) groups is 1. The molecule has 1 N–H and O–H groups in total. The second kappa shape index (κ2) is 6.15. The molecule has 0 saturated heterocycles. The summed E-state index contributed by atoms with van der Waals surface area (Å²) in [6, 6.07) is 7.93. The molecule has 0 spiro atoms. The lowest BCUT2D eigenvalue weighted by atomic mass is 10.1. The van der Waals surface area contributed by atoms with Gasteiger partial charge in [-0.2, -0.15) is 0 Å². The number of benzene rings is 2. The Morgan fingerprint density at radius 2 is 1.88 bits per heavy atom. The zero-order valence-corrected chi connectivity index (χ0v) is 12.3. The predicted octanol–water partition coefficient (Wildman–Crippen LogP) is 3.71. The monoisotopic (exact) mass is 333 g/mol. The minimum Gasteiger partial charge on any atom is -0.421 e. The van der Waals surface area contributed by atoms with E-state index < -0.39 is 28.9 Å². The molecule has 0 atom stereocenters. The molecule has 1 aromatic heterocycles. The van der Waals surface area contributed by atoms with Crippen LogP contribution in [0.1, 0.15) is 16.2 Å². The van der Waals surface area contributed by atoms with Crippen LogP contribution in [-0.4, -0.2) is 16.1 Å². The molecule has 3 aromatic rings. The minimum absolute atomic E-state index is 0.252. The highest BCUT2D eigenvalue weighted by atomic mass is 19.2. The van der Waals surface area contributed by atoms with Crippen LogP contribution in [0.5, 0.6) is 0 Å². The molecule has 8 heteroatoms. The highest BCUT2D eigenvalue weighted by Gasteiger charge is 2.19. The maximum Gasteiger partial charge on any atom is 0.258 e. The molecule has 0 radical (unpaired) electrons. The zero-order chi connectivity index (χ0) is 17.3. The molecular weight excluding hydrogens is 323 g/mol. The number of aryl methyl sites for hydroxylation is 1. The van der Waals surface area contributed by atoms with Gasteiger partial charge >= 0.3 is 0 Å². The predicted molar refractivity (Wildman–Crippen MR) is 78.7 cm³/mol. The van der Waals surface area contributed by atoms with Crippen molar-refractivity contribution in [2.24, 2.45) is 0 Å². The molecule has 24 heavy (non-hydrogen) atoms. The van der Waals surface area contributed by atoms with Crippen molar-refractivity contribution in [3.05, 3.63) is 65.3 Å². The van der Waals surface area contributed by atoms with Crippen LogP contribution in [0.25, 0.3) is 11.5 Å². The molecule has 3 rings (SSSR count). The maximum absolute atomic E-state index is 13.7. The lowest BCUT2D eigenvalue weighted by Gasteiger charge is -2.07. The average Bonchev–Trinajstić information content (AvgIpc) is 2.99. The number of rotatable bonds is 3. The molecule has 0 fully saturated rings. The van der Waals surface area contributed by atoms with Gasteiger partial charge in [0.2, 0.25) is 11.8 Å². The molecule has 1 heterocycles. The molecule has 5 nitrogen and oxygen atoms in total. The van der Waals surface area contributed by atoms with Gasteiger partial charge in [0.1, 0.15) is 0 Å². The van der Waals surface area contributed by atoms with E-state index in [0.29, 0.717) is 23.2 Å². The largest absolute Gasteiger partial charge is 0.421 e. The van der Waals surface area contributed by atoms with Crippen molar-refractivity contribution >= 4 is 11.6 Å². The topological polar surface area (TPSA) is 68.0 Å². The fourth-order valence-electron chi connectivity index (χ4n) is 2.04. The van der Waals surface area contributed by atoms with Crippen molar-refractivity contribution < 1.29 is 22.4 Å². The Morgan fingerprint density at radius 3 is 2.58 bits per heavy atom. The Hall–Kier alpha value is -3.16. The number of aromatic nitrogens is 2. The lowest BCUT2D eigenvalue weighted by Crippen LogP contribution is -2.15. The third-order valence-electron chi connectivity index (χ3n) is 3.17. The van der Waals surface area contributed by atoms with E-state index in [9.17, 15) is 18.0 Å². The van der Waals surface area contributed by atoms with Gasteiger partial charge in [0, 0.05) is 18.2 Å². The molecule has 2 aromatic carbocycles. The van der Waals surface area contributed by atoms with Gasteiger partial charge in [0.25, 0.3) is 5.91 Å². The summed E-state index contributed by atoms with van der Waals surface area (Å²) in [4.78, 5) is 12.1. The standard InChI is InChI=1S/C16H10F3N3O2/c1-8-21-22-16(24-8)9-3-2-4-10(7-9)20-15(23)11-5-6-12(17)14(19)13(11)18/h2-7H,1H3,(H,20,23). The summed E-state index contributed by atoms with van der Waals surface area (Å²) in [5.74, 6) is -4.89. The Labute approximate surface area is 134 Å². The number of amides is 1. The van der Waals surface area contributed by atoms with Crippen LogP contribution in [-0.2, 0) is 0 Å². The van der Waals surface area contributed by atoms with Crippen LogP contribution in [0.2, 0.25) is 0 Å². The summed E-state index contributed by atoms with van der Waals surface area (Å²) in [6.07, 6.45) is 0. The van der Waals surface area contributed by atoms with E-state index in [1.165, 1.54) is 6.07 Å². The van der Waals surface area contributed by atoms with Crippen LogP contribution in [0.4, 0.5) is 18.9 Å². The number of hydrogen-bond acceptors (Lipinski definition) is 4. The van der Waals surface area contributed by atoms with Crippen molar-refractivity contribution in [2.75, 3.05) is 5.32 Å². The zero-order valence-electron chi connectivity index (χ0n) is 12.3. The Kier molecular flexibility index (Phi) is 4.03. The molecule has 0 aliphatic carbocycles. The molecule has 0 aliphatic rings. The highest BCUT2D eigenvalue weighted by molar-refractivity contribution is 6.04. The van der Waals surface area contributed by atoms with Gasteiger partial charge in [-0.05, 0) is 30.3 Å². The third kappa shape index (κ3) is 2.98. The van der Waals surface area contributed by atoms with E-state index >= 15 is 0 Å². The van der Waals surface area contributed by atoms with E-state index in [-0.39, 0.29) is 5.89 Å². The quantitative estimate of drug-likeness (QED) is 0.742. The van der Waals surface area contributed by atoms with Gasteiger partial charge in [-0.3, -0.25) is 4.79 Å². The maximum atomic E-state index is 13.7. The van der Waals surface area contributed by atoms with Crippen molar-refractivity contribution in [3.8, 4) is 11.5 Å². The van der Waals surface area contributed by atoms with Crippen LogP contribution in [0.3, 0.4) is 0 Å². The van der Waals surface area contributed by atoms with Gasteiger partial charge < -0.3 is 9.73 Å². The first-order valence-corrected chi connectivity index (χ1v) is 6.81. The van der Waals surface area contributed by atoms with E-state index in [1.807, 2.05) is 0 Å². The minimum atomic E-state index is -1.70. The van der Waals surface area contributed by atoms with Gasteiger partial charge in [-0.15, -0.1) is 10.2 Å². The van der Waals surface area contributed by atoms with E-state index in [2.05, 4.69) is 15.5 Å². The molecule has 0 aliphatic heterocycles. The summed E-state index contributed by atoms with van der Waals surface area (Å²) in [7, 11) is 0. The molecular formula is C16H10F3N3O2. The van der Waals surface area contributed by atoms with Crippen LogP contribution < -0.4 is 5.32 Å². The Morgan fingerprint density at radius 1 is 1.08 bits per heavy atom. The Bertz CT molecular complexity index is 925. The van der Waals surface area contributed by atoms with Gasteiger partial charge in [-0.25, -0.2) is 13.2 Å². The first kappa shape index (κ1) is 15.7. The van der Waals surface area contributed by atoms with Gasteiger partial charge in [0.15, 0.2) is 17.5 Å². The summed E-state index contributed by atoms with van der Waals surface area (Å²) in [5, 5.41) is 9.95. The molecule has 0 bridgehead atoms. The van der Waals surface area contributed by atoms with Crippen molar-refractivity contribution in [3.63, 3.8) is 0 Å². The SMILES string of the molecule is Cc1nnc(-c2cccc(NC(=O)c3ccc(F)c(F)c3F)c2)o1. The van der Waals surface area contributed by atoms with Crippen LogP contribution in [0, 0.1) is 24.4 Å². The molecule has 0 unspecified atom stereocenters. The summed E-state index contributed by atoms with van der Waals surface area (Å²) in [6.45, 7) is 1.63. The fourth-order valence-corrected chi connectivity index (χ4v) is 2.04. The second-order valence-electron chi connectivity index (χ2n) is 4.88. The van der Waals surface area contributed by atoms with Gasteiger partial charge in [-0.1, -0.05) is 6.07 Å². The number of carbonyl (C=O) groups excluding carboxylic acids is 1. The fraction of sp³-hybridized carbons (Fsp3) is 0.0625. The smallest absolute Gasteiger partial charge is 0.258 e. The molecule has 0 saturated carbocycles. The number of anilines is 1. The van der Waals surface area contributed by atoms with Crippen molar-refractivity contribution in [2.45, 2.75) is 6.92 Å². The van der Waals surface area contributed by atoms with Crippen LogP contribution in [0.15, 0.2) is 40.8 Å². The number of nitrogens with one attached hydrogen (secondary N) is 1. The molecule has 122 valence electrons. The van der Waals surface area contributed by atoms with E-state index in [1.54, 1.807) is 25.1 Å². The highest BCUT2D eigenvalue weighted by Crippen LogP contribution is 2.22. The summed E-state index contributed by atoms with van der Waals surface area (Å²) < 4.78 is 45.1. The molecule has 1 amide bonds. The van der Waals surface area contributed by atoms with Crippen LogP contribution >= 0.6 is 0 Å². The summed E-state index contributed by atoms with van der Waals surface area (Å²) in [5.41, 5.74) is 0.240. The average molecular weight is 333 g/mol. The summed E-state index contributed by atoms with van der Waals surface area (Å²) >= 11 is 0. The number of nitrogens with zero attached hydrogens (tertiary/aromatic N) is 2. The first-order chi connectivity index (χ1) is 11.5. The third-order valence-corrected chi connectivity index (χ3v) is 3.17. The number of hydrogen-bond donors (Lipinski definition) is 1. The van der Waals surface area contributed by atoms with Crippen molar-refractivity contribution in [1.29, 1.82) is 0 Å².